The van der Waals surface area contributed by atoms with Gasteiger partial charge in [-0.15, -0.1) is 0 Å². The second-order valence-electron chi connectivity index (χ2n) is 3.80. The predicted molar refractivity (Wildman–Crippen MR) is 62.2 cm³/mol. The third kappa shape index (κ3) is 8.98. The quantitative estimate of drug-likeness (QED) is 0.367. The summed E-state index contributed by atoms with van der Waals surface area (Å²) in [6.45, 7) is 7.86. The van der Waals surface area contributed by atoms with Gasteiger partial charge in [-0.2, -0.15) is 0 Å². The molecule has 1 nitrogen and oxygen atoms in total. The number of ketones is 1. The Labute approximate surface area is 87.2 Å². The van der Waals surface area contributed by atoms with Crippen molar-refractivity contribution in [2.24, 2.45) is 0 Å². The molecule has 0 bridgehead atoms. The molecule has 0 aromatic heterocycles. The normalized spacial score (nSPS) is 11.9. The Hall–Kier alpha value is -1.11. The van der Waals surface area contributed by atoms with Crippen LogP contribution in [0.25, 0.3) is 0 Å². The maximum Gasteiger partial charge on any atom is 0.152 e. The Morgan fingerprint density at radius 1 is 1.14 bits per heavy atom. The van der Waals surface area contributed by atoms with E-state index in [-0.39, 0.29) is 5.78 Å². The lowest BCUT2D eigenvalue weighted by molar-refractivity contribution is -0.112. The zero-order valence-corrected chi connectivity index (χ0v) is 9.63. The lowest BCUT2D eigenvalue weighted by atomic mass is 10.1. The number of carbonyl (C=O) groups excluding carboxylic acids is 1. The fraction of sp³-hybridized carbons (Fsp3) is 0.462. The summed E-state index contributed by atoms with van der Waals surface area (Å²) in [6, 6.07) is 0. The summed E-state index contributed by atoms with van der Waals surface area (Å²) in [5.41, 5.74) is 2.66. The molecule has 78 valence electrons. The molecule has 0 N–H and O–H groups in total. The van der Waals surface area contributed by atoms with E-state index in [1.807, 2.05) is 12.2 Å². The Balaban J connectivity index is 3.90. The van der Waals surface area contributed by atoms with Gasteiger partial charge in [0.25, 0.3) is 0 Å². The lowest BCUT2D eigenvalue weighted by Crippen LogP contribution is -1.79. The van der Waals surface area contributed by atoms with Gasteiger partial charge in [0, 0.05) is 0 Å². The summed E-state index contributed by atoms with van der Waals surface area (Å²) in [4.78, 5) is 10.6. The van der Waals surface area contributed by atoms with Crippen molar-refractivity contribution in [1.82, 2.24) is 0 Å². The van der Waals surface area contributed by atoms with Crippen molar-refractivity contribution in [3.8, 4) is 0 Å². The molecule has 0 aliphatic heterocycles. The minimum atomic E-state index is 0.0957. The molecule has 0 aromatic carbocycles. The summed E-state index contributed by atoms with van der Waals surface area (Å²) in [5, 5.41) is 0. The predicted octanol–water partition coefficient (Wildman–Crippen LogP) is 3.82. The number of allylic oxidation sites excluding steroid dienone is 6. The molecule has 14 heavy (non-hydrogen) atoms. The van der Waals surface area contributed by atoms with Crippen molar-refractivity contribution < 1.29 is 4.79 Å². The van der Waals surface area contributed by atoms with E-state index < -0.39 is 0 Å². The van der Waals surface area contributed by atoms with E-state index in [2.05, 4.69) is 26.8 Å². The Morgan fingerprint density at radius 3 is 2.29 bits per heavy atom. The van der Waals surface area contributed by atoms with Gasteiger partial charge in [0.15, 0.2) is 5.78 Å². The third-order valence-corrected chi connectivity index (χ3v) is 1.80. The third-order valence-electron chi connectivity index (χ3n) is 1.80. The van der Waals surface area contributed by atoms with Crippen LogP contribution in [-0.2, 0) is 4.79 Å². The van der Waals surface area contributed by atoms with Crippen LogP contribution in [0.3, 0.4) is 0 Å². The molecule has 0 aromatic rings. The minimum absolute atomic E-state index is 0.0957. The van der Waals surface area contributed by atoms with E-state index in [0.29, 0.717) is 0 Å². The van der Waals surface area contributed by atoms with Gasteiger partial charge < -0.3 is 0 Å². The zero-order valence-electron chi connectivity index (χ0n) is 9.63. The first-order valence-electron chi connectivity index (χ1n) is 5.00. The van der Waals surface area contributed by atoms with Crippen LogP contribution in [0, 0.1) is 0 Å². The fourth-order valence-corrected chi connectivity index (χ4v) is 1.02. The SMILES string of the molecule is CC(=O)/C=C/C=C(\C)CCC=C(C)C. The lowest BCUT2D eigenvalue weighted by Gasteiger charge is -1.96. The van der Waals surface area contributed by atoms with Gasteiger partial charge in [-0.05, 0) is 46.6 Å². The number of hydrogen-bond donors (Lipinski definition) is 0. The molecule has 1 heteroatoms. The van der Waals surface area contributed by atoms with Crippen molar-refractivity contribution in [1.29, 1.82) is 0 Å². The molecule has 0 atom stereocenters. The summed E-state index contributed by atoms with van der Waals surface area (Å²) in [5.74, 6) is 0.0957. The summed E-state index contributed by atoms with van der Waals surface area (Å²) in [7, 11) is 0. The first kappa shape index (κ1) is 12.9. The standard InChI is InChI=1S/C13H20O/c1-11(2)7-5-8-12(3)9-6-10-13(4)14/h6-7,9-10H,5,8H2,1-4H3/b10-6+,12-9+. The van der Waals surface area contributed by atoms with Gasteiger partial charge in [0.05, 0.1) is 0 Å². The molecular weight excluding hydrogens is 172 g/mol. The number of rotatable bonds is 5. The second kappa shape index (κ2) is 7.31. The molecule has 0 amide bonds. The van der Waals surface area contributed by atoms with Crippen LogP contribution in [0.4, 0.5) is 0 Å². The molecule has 0 saturated heterocycles. The van der Waals surface area contributed by atoms with Gasteiger partial charge in [0.2, 0.25) is 0 Å². The van der Waals surface area contributed by atoms with E-state index in [4.69, 9.17) is 0 Å². The van der Waals surface area contributed by atoms with Crippen LogP contribution in [0.1, 0.15) is 40.5 Å². The van der Waals surface area contributed by atoms with E-state index in [9.17, 15) is 4.79 Å². The second-order valence-corrected chi connectivity index (χ2v) is 3.80. The Morgan fingerprint density at radius 2 is 1.79 bits per heavy atom. The van der Waals surface area contributed by atoms with Crippen molar-refractivity contribution >= 4 is 5.78 Å². The van der Waals surface area contributed by atoms with Crippen LogP contribution in [0.5, 0.6) is 0 Å². The Bertz CT molecular complexity index is 263. The zero-order chi connectivity index (χ0) is 11.0. The maximum atomic E-state index is 10.6. The van der Waals surface area contributed by atoms with E-state index in [1.165, 1.54) is 11.1 Å². The van der Waals surface area contributed by atoms with Gasteiger partial charge in [-0.1, -0.05) is 29.4 Å². The van der Waals surface area contributed by atoms with E-state index >= 15 is 0 Å². The largest absolute Gasteiger partial charge is 0.295 e. The monoisotopic (exact) mass is 192 g/mol. The number of carbonyl (C=O) groups is 1. The first-order valence-corrected chi connectivity index (χ1v) is 5.00. The maximum absolute atomic E-state index is 10.6. The smallest absolute Gasteiger partial charge is 0.152 e. The molecule has 0 saturated carbocycles. The molecule has 0 heterocycles. The van der Waals surface area contributed by atoms with E-state index in [1.54, 1.807) is 13.0 Å². The van der Waals surface area contributed by atoms with Gasteiger partial charge in [-0.3, -0.25) is 4.79 Å². The average molecular weight is 192 g/mol. The highest BCUT2D eigenvalue weighted by Crippen LogP contribution is 2.06. The topological polar surface area (TPSA) is 17.1 Å². The molecule has 0 spiro atoms. The van der Waals surface area contributed by atoms with Crippen molar-refractivity contribution in [3.63, 3.8) is 0 Å². The number of hydrogen-bond acceptors (Lipinski definition) is 1. The van der Waals surface area contributed by atoms with Crippen LogP contribution in [0.2, 0.25) is 0 Å². The van der Waals surface area contributed by atoms with Gasteiger partial charge in [0.1, 0.15) is 0 Å². The van der Waals surface area contributed by atoms with Crippen molar-refractivity contribution in [2.45, 2.75) is 40.5 Å². The minimum Gasteiger partial charge on any atom is -0.295 e. The van der Waals surface area contributed by atoms with Crippen molar-refractivity contribution in [3.05, 3.63) is 35.5 Å². The highest BCUT2D eigenvalue weighted by atomic mass is 16.1. The summed E-state index contributed by atoms with van der Waals surface area (Å²) in [6.07, 6.45) is 9.78. The average Bonchev–Trinajstić information content (AvgIpc) is 2.02. The molecule has 0 unspecified atom stereocenters. The molecule has 0 fully saturated rings. The fourth-order valence-electron chi connectivity index (χ4n) is 1.02. The van der Waals surface area contributed by atoms with Gasteiger partial charge in [-0.25, -0.2) is 0 Å². The highest BCUT2D eigenvalue weighted by Gasteiger charge is 1.87. The van der Waals surface area contributed by atoms with E-state index in [0.717, 1.165) is 12.8 Å². The summed E-state index contributed by atoms with van der Waals surface area (Å²) >= 11 is 0. The van der Waals surface area contributed by atoms with Crippen molar-refractivity contribution in [2.75, 3.05) is 0 Å². The van der Waals surface area contributed by atoms with Crippen LogP contribution in [-0.4, -0.2) is 5.78 Å². The van der Waals surface area contributed by atoms with Crippen LogP contribution >= 0.6 is 0 Å². The molecule has 0 radical (unpaired) electrons. The van der Waals surface area contributed by atoms with Crippen LogP contribution < -0.4 is 0 Å². The highest BCUT2D eigenvalue weighted by molar-refractivity contribution is 5.87. The van der Waals surface area contributed by atoms with Gasteiger partial charge >= 0.3 is 0 Å². The Kier molecular flexibility index (Phi) is 6.73. The molecular formula is C13H20O. The summed E-state index contributed by atoms with van der Waals surface area (Å²) < 4.78 is 0. The molecule has 0 aliphatic carbocycles. The first-order chi connectivity index (χ1) is 6.52. The van der Waals surface area contributed by atoms with Crippen LogP contribution in [0.15, 0.2) is 35.5 Å². The molecule has 0 aliphatic rings. The molecule has 0 rings (SSSR count).